The molecule has 1 aromatic heterocycles. The van der Waals surface area contributed by atoms with Crippen LogP contribution >= 0.6 is 0 Å². The van der Waals surface area contributed by atoms with Crippen molar-refractivity contribution in [1.82, 2.24) is 15.2 Å². The number of quaternary nitrogens is 1. The van der Waals surface area contributed by atoms with Crippen LogP contribution in [-0.2, 0) is 0 Å². The van der Waals surface area contributed by atoms with Gasteiger partial charge in [-0.15, -0.1) is 5.10 Å². The average molecular weight is 181 g/mol. The van der Waals surface area contributed by atoms with Gasteiger partial charge in [-0.3, -0.25) is 0 Å². The zero-order valence-corrected chi connectivity index (χ0v) is 7.68. The number of rotatable bonds is 0. The van der Waals surface area contributed by atoms with Gasteiger partial charge in [-0.05, 0) is 17.3 Å². The summed E-state index contributed by atoms with van der Waals surface area (Å²) in [5.74, 6) is 0. The van der Waals surface area contributed by atoms with Crippen molar-refractivity contribution in [2.75, 3.05) is 14.1 Å². The standard InChI is InChI=1S/C6H5N3O.C2H7N/c10-9-6-4-2-1-3-5(6)7-8-9;1-3-2/h1-4,10H;3H,1-2H3/p+1. The van der Waals surface area contributed by atoms with Gasteiger partial charge in [0.2, 0.25) is 0 Å². The fourth-order valence-corrected chi connectivity index (χ4v) is 0.857. The van der Waals surface area contributed by atoms with Gasteiger partial charge in [0.25, 0.3) is 0 Å². The molecule has 0 aliphatic rings. The quantitative estimate of drug-likeness (QED) is 0.537. The molecule has 0 aliphatic heterocycles. The number of fused-ring (bicyclic) bond motifs is 1. The molecule has 3 N–H and O–H groups in total. The van der Waals surface area contributed by atoms with Gasteiger partial charge >= 0.3 is 0 Å². The summed E-state index contributed by atoms with van der Waals surface area (Å²) in [5.41, 5.74) is 1.33. The molecule has 0 bridgehead atoms. The molecule has 0 saturated carbocycles. The molecule has 0 fully saturated rings. The van der Waals surface area contributed by atoms with Crippen molar-refractivity contribution in [3.8, 4) is 0 Å². The van der Waals surface area contributed by atoms with Gasteiger partial charge in [0.15, 0.2) is 0 Å². The van der Waals surface area contributed by atoms with Crippen LogP contribution in [0.2, 0.25) is 0 Å². The number of nitrogens with zero attached hydrogens (tertiary/aromatic N) is 3. The highest BCUT2D eigenvalue weighted by atomic mass is 16.5. The van der Waals surface area contributed by atoms with Crippen molar-refractivity contribution in [1.29, 1.82) is 0 Å². The molecule has 5 nitrogen and oxygen atoms in total. The molecule has 2 aromatic rings. The minimum Gasteiger partial charge on any atom is -0.410 e. The van der Waals surface area contributed by atoms with Crippen molar-refractivity contribution >= 4 is 11.0 Å². The first-order valence-electron chi connectivity index (χ1n) is 4.03. The third-order valence-corrected chi connectivity index (χ3v) is 1.33. The second kappa shape index (κ2) is 4.42. The summed E-state index contributed by atoms with van der Waals surface area (Å²) >= 11 is 0. The summed E-state index contributed by atoms with van der Waals surface area (Å²) in [6, 6.07) is 7.19. The van der Waals surface area contributed by atoms with Crippen molar-refractivity contribution in [2.24, 2.45) is 0 Å². The molecule has 2 rings (SSSR count). The van der Waals surface area contributed by atoms with Crippen LogP contribution in [0.25, 0.3) is 11.0 Å². The predicted molar refractivity (Wildman–Crippen MR) is 48.5 cm³/mol. The number of benzene rings is 1. The smallest absolute Gasteiger partial charge is 0.130 e. The first-order valence-corrected chi connectivity index (χ1v) is 4.03. The average Bonchev–Trinajstić information content (AvgIpc) is 2.50. The molecule has 0 saturated heterocycles. The maximum atomic E-state index is 8.95. The van der Waals surface area contributed by atoms with Crippen LogP contribution < -0.4 is 5.32 Å². The van der Waals surface area contributed by atoms with E-state index in [1.54, 1.807) is 12.1 Å². The van der Waals surface area contributed by atoms with Crippen molar-refractivity contribution in [3.05, 3.63) is 24.3 Å². The van der Waals surface area contributed by atoms with Gasteiger partial charge in [0.05, 0.1) is 14.1 Å². The lowest BCUT2D eigenvalue weighted by molar-refractivity contribution is -0.597. The zero-order chi connectivity index (χ0) is 9.68. The molecule has 0 radical (unpaired) electrons. The second-order valence-electron chi connectivity index (χ2n) is 2.54. The van der Waals surface area contributed by atoms with E-state index in [-0.39, 0.29) is 0 Å². The Labute approximate surface area is 75.9 Å². The lowest BCUT2D eigenvalue weighted by atomic mass is 10.3. The predicted octanol–water partition coefficient (Wildman–Crippen LogP) is -0.522. The van der Waals surface area contributed by atoms with Crippen molar-refractivity contribution in [2.45, 2.75) is 0 Å². The minimum absolute atomic E-state index is 0.627. The maximum absolute atomic E-state index is 8.95. The number of aromatic nitrogens is 3. The molecule has 13 heavy (non-hydrogen) atoms. The Morgan fingerprint density at radius 3 is 2.54 bits per heavy atom. The van der Waals surface area contributed by atoms with E-state index in [0.717, 1.165) is 4.85 Å². The Kier molecular flexibility index (Phi) is 3.22. The Balaban J connectivity index is 0.000000251. The molecular formula is C8H13N4O+. The van der Waals surface area contributed by atoms with Crippen LogP contribution in [0, 0.1) is 0 Å². The molecule has 0 aliphatic carbocycles. The Hall–Kier alpha value is -1.62. The Morgan fingerprint density at radius 2 is 1.92 bits per heavy atom. The van der Waals surface area contributed by atoms with Crippen LogP contribution in [0.5, 0.6) is 0 Å². The molecular weight excluding hydrogens is 168 g/mol. The van der Waals surface area contributed by atoms with Crippen LogP contribution in [0.15, 0.2) is 24.3 Å². The summed E-state index contributed by atoms with van der Waals surface area (Å²) in [4.78, 5) is 0.759. The molecule has 0 amide bonds. The maximum Gasteiger partial charge on any atom is 0.130 e. The summed E-state index contributed by atoms with van der Waals surface area (Å²) in [6.07, 6.45) is 0. The highest BCUT2D eigenvalue weighted by molar-refractivity contribution is 5.73. The number of nitrogens with two attached hydrogens (primary N) is 1. The molecule has 0 unspecified atom stereocenters. The zero-order valence-electron chi connectivity index (χ0n) is 7.68. The van der Waals surface area contributed by atoms with E-state index in [0.29, 0.717) is 11.0 Å². The van der Waals surface area contributed by atoms with E-state index in [1.807, 2.05) is 31.5 Å². The highest BCUT2D eigenvalue weighted by Crippen LogP contribution is 2.06. The van der Waals surface area contributed by atoms with E-state index in [4.69, 9.17) is 5.21 Å². The fourth-order valence-electron chi connectivity index (χ4n) is 0.857. The van der Waals surface area contributed by atoms with E-state index < -0.39 is 0 Å². The van der Waals surface area contributed by atoms with Gasteiger partial charge in [0, 0.05) is 0 Å². The molecule has 1 heterocycles. The minimum atomic E-state index is 0.627. The van der Waals surface area contributed by atoms with Gasteiger partial charge in [-0.1, -0.05) is 17.0 Å². The van der Waals surface area contributed by atoms with Crippen LogP contribution in [-0.4, -0.2) is 34.5 Å². The summed E-state index contributed by atoms with van der Waals surface area (Å²) < 4.78 is 0. The van der Waals surface area contributed by atoms with Crippen LogP contribution in [0.3, 0.4) is 0 Å². The molecule has 70 valence electrons. The summed E-state index contributed by atoms with van der Waals surface area (Å²) in [6.45, 7) is 0. The summed E-state index contributed by atoms with van der Waals surface area (Å²) in [5, 5.41) is 18.1. The van der Waals surface area contributed by atoms with Crippen LogP contribution in [0.1, 0.15) is 0 Å². The van der Waals surface area contributed by atoms with Crippen LogP contribution in [0.4, 0.5) is 0 Å². The lowest BCUT2D eigenvalue weighted by Gasteiger charge is -1.85. The van der Waals surface area contributed by atoms with Crippen molar-refractivity contribution < 1.29 is 10.5 Å². The number of para-hydroxylation sites is 1. The first kappa shape index (κ1) is 9.47. The van der Waals surface area contributed by atoms with Gasteiger partial charge in [-0.25, -0.2) is 0 Å². The second-order valence-corrected chi connectivity index (χ2v) is 2.54. The van der Waals surface area contributed by atoms with E-state index in [2.05, 4.69) is 10.3 Å². The third kappa shape index (κ3) is 2.16. The first-order chi connectivity index (χ1) is 6.29. The number of hydrogen-bond acceptors (Lipinski definition) is 3. The van der Waals surface area contributed by atoms with Gasteiger partial charge in [0.1, 0.15) is 11.0 Å². The molecule has 1 aromatic carbocycles. The Bertz CT molecular complexity index is 371. The highest BCUT2D eigenvalue weighted by Gasteiger charge is 1.98. The monoisotopic (exact) mass is 181 g/mol. The largest absolute Gasteiger partial charge is 0.410 e. The topological polar surface area (TPSA) is 67.6 Å². The third-order valence-electron chi connectivity index (χ3n) is 1.33. The lowest BCUT2D eigenvalue weighted by Crippen LogP contribution is -2.74. The van der Waals surface area contributed by atoms with Gasteiger partial charge < -0.3 is 10.5 Å². The van der Waals surface area contributed by atoms with Gasteiger partial charge in [-0.2, -0.15) is 0 Å². The molecule has 0 spiro atoms. The normalized spacial score (nSPS) is 9.38. The van der Waals surface area contributed by atoms with E-state index >= 15 is 0 Å². The fraction of sp³-hybridized carbons (Fsp3) is 0.250. The van der Waals surface area contributed by atoms with Crippen molar-refractivity contribution in [3.63, 3.8) is 0 Å². The van der Waals surface area contributed by atoms with E-state index in [1.165, 1.54) is 0 Å². The Morgan fingerprint density at radius 1 is 1.31 bits per heavy atom. The molecule has 5 heteroatoms. The van der Waals surface area contributed by atoms with E-state index in [9.17, 15) is 0 Å². The molecule has 0 atom stereocenters. The summed E-state index contributed by atoms with van der Waals surface area (Å²) in [7, 11) is 4.00. The SMILES string of the molecule is C[NH2+]C.On1nnc2ccccc21. The number of hydrogen-bond donors (Lipinski definition) is 2.